The molecule has 0 bridgehead atoms. The summed E-state index contributed by atoms with van der Waals surface area (Å²) in [5, 5.41) is 13.1. The average Bonchev–Trinajstić information content (AvgIpc) is 3.57. The van der Waals surface area contributed by atoms with Gasteiger partial charge in [0.2, 0.25) is 5.91 Å². The van der Waals surface area contributed by atoms with Gasteiger partial charge in [0.25, 0.3) is 11.8 Å². The molecule has 0 aliphatic heterocycles. The van der Waals surface area contributed by atoms with Gasteiger partial charge in [-0.25, -0.2) is 4.98 Å². The summed E-state index contributed by atoms with van der Waals surface area (Å²) in [5.41, 5.74) is 3.37. The van der Waals surface area contributed by atoms with Crippen LogP contribution < -0.4 is 16.0 Å². The van der Waals surface area contributed by atoms with Gasteiger partial charge in [0.05, 0.1) is 10.9 Å². The largest absolute Gasteiger partial charge is 0.321 e. The van der Waals surface area contributed by atoms with Gasteiger partial charge < -0.3 is 16.0 Å². The molecule has 6 aromatic rings. The molecule has 1 atom stereocenters. The van der Waals surface area contributed by atoms with Crippen LogP contribution in [0.3, 0.4) is 0 Å². The summed E-state index contributed by atoms with van der Waals surface area (Å²) in [4.78, 5) is 45.0. The van der Waals surface area contributed by atoms with Crippen molar-refractivity contribution in [2.75, 3.05) is 10.6 Å². The van der Waals surface area contributed by atoms with E-state index in [1.165, 1.54) is 23.1 Å². The van der Waals surface area contributed by atoms with Crippen LogP contribution in [0.2, 0.25) is 5.02 Å². The Morgan fingerprint density at radius 3 is 2.31 bits per heavy atom. The number of aromatic nitrogens is 1. The average molecular weight is 689 g/mol. The zero-order valence-electron chi connectivity index (χ0n) is 25.6. The second kappa shape index (κ2) is 15.1. The van der Waals surface area contributed by atoms with Crippen molar-refractivity contribution in [2.24, 2.45) is 0 Å². The van der Waals surface area contributed by atoms with Crippen molar-refractivity contribution in [1.29, 1.82) is 0 Å². The lowest BCUT2D eigenvalue weighted by atomic mass is 10.0. The van der Waals surface area contributed by atoms with Crippen LogP contribution in [0.15, 0.2) is 137 Å². The number of amides is 3. The van der Waals surface area contributed by atoms with E-state index in [1.54, 1.807) is 48.5 Å². The number of nitrogens with zero attached hydrogens (tertiary/aromatic N) is 1. The topological polar surface area (TPSA) is 100 Å². The van der Waals surface area contributed by atoms with Crippen LogP contribution in [-0.2, 0) is 9.59 Å². The predicted molar refractivity (Wildman–Crippen MR) is 197 cm³/mol. The van der Waals surface area contributed by atoms with E-state index in [0.29, 0.717) is 27.1 Å². The number of benzene rings is 5. The number of anilines is 2. The molecule has 3 N–H and O–H groups in total. The summed E-state index contributed by atoms with van der Waals surface area (Å²) >= 11 is 9.01. The molecule has 0 radical (unpaired) electrons. The van der Waals surface area contributed by atoms with Crippen molar-refractivity contribution < 1.29 is 14.4 Å². The molecule has 0 spiro atoms. The van der Waals surface area contributed by atoms with E-state index in [2.05, 4.69) is 20.9 Å². The van der Waals surface area contributed by atoms with E-state index in [4.69, 9.17) is 11.6 Å². The predicted octanol–water partition coefficient (Wildman–Crippen LogP) is 9.15. The number of halogens is 1. The molecule has 1 aromatic heterocycles. The van der Waals surface area contributed by atoms with Gasteiger partial charge in [-0.1, -0.05) is 90.5 Å². The van der Waals surface area contributed by atoms with Crippen molar-refractivity contribution in [3.8, 4) is 11.3 Å². The minimum absolute atomic E-state index is 0.101. The first-order valence-electron chi connectivity index (χ1n) is 15.0. The number of thioether (sulfide) groups is 1. The highest BCUT2D eigenvalue weighted by molar-refractivity contribution is 8.00. The summed E-state index contributed by atoms with van der Waals surface area (Å²) in [6, 6.07) is 37.0. The molecule has 0 aliphatic rings. The van der Waals surface area contributed by atoms with E-state index in [0.717, 1.165) is 26.8 Å². The van der Waals surface area contributed by atoms with Gasteiger partial charge >= 0.3 is 0 Å². The zero-order chi connectivity index (χ0) is 33.5. The first-order chi connectivity index (χ1) is 23.3. The number of hydrogen-bond acceptors (Lipinski definition) is 6. The molecule has 0 saturated heterocycles. The molecular weight excluding hydrogens is 660 g/mol. The third kappa shape index (κ3) is 8.01. The summed E-state index contributed by atoms with van der Waals surface area (Å²) < 4.78 is 0. The van der Waals surface area contributed by atoms with Crippen molar-refractivity contribution in [3.05, 3.63) is 149 Å². The molecule has 0 fully saturated rings. The highest BCUT2D eigenvalue weighted by Crippen LogP contribution is 2.31. The van der Waals surface area contributed by atoms with Gasteiger partial charge in [-0.15, -0.1) is 23.1 Å². The Morgan fingerprint density at radius 1 is 0.812 bits per heavy atom. The van der Waals surface area contributed by atoms with E-state index in [-0.39, 0.29) is 11.6 Å². The molecule has 10 heteroatoms. The lowest BCUT2D eigenvalue weighted by molar-refractivity contribution is -0.115. The van der Waals surface area contributed by atoms with E-state index >= 15 is 0 Å². The third-order valence-corrected chi connectivity index (χ3v) is 9.53. The molecule has 5 aromatic carbocycles. The SMILES string of the molecule is CC(Sc1ccc(NC(=O)/C(=C/c2cccc3ccccc23)NC(=O)c2ccccc2)cc1)C(=O)Nc1nc(-c2ccccc2Cl)cs1. The molecule has 0 aliphatic carbocycles. The fourth-order valence-electron chi connectivity index (χ4n) is 4.88. The summed E-state index contributed by atoms with van der Waals surface area (Å²) in [6.07, 6.45) is 1.68. The molecule has 48 heavy (non-hydrogen) atoms. The maximum Gasteiger partial charge on any atom is 0.272 e. The number of thiazole rings is 1. The molecule has 3 amide bonds. The van der Waals surface area contributed by atoms with E-state index in [1.807, 2.05) is 91.2 Å². The van der Waals surface area contributed by atoms with Crippen LogP contribution in [0.25, 0.3) is 28.1 Å². The molecule has 238 valence electrons. The Bertz CT molecular complexity index is 2130. The van der Waals surface area contributed by atoms with Gasteiger partial charge in [0, 0.05) is 32.1 Å². The number of fused-ring (bicyclic) bond motifs is 1. The maximum atomic E-state index is 13.6. The number of rotatable bonds is 10. The summed E-state index contributed by atoms with van der Waals surface area (Å²) in [7, 11) is 0. The smallest absolute Gasteiger partial charge is 0.272 e. The van der Waals surface area contributed by atoms with Gasteiger partial charge in [-0.05, 0) is 71.8 Å². The minimum Gasteiger partial charge on any atom is -0.321 e. The lowest BCUT2D eigenvalue weighted by Gasteiger charge is -2.13. The van der Waals surface area contributed by atoms with Crippen LogP contribution in [0.5, 0.6) is 0 Å². The quantitative estimate of drug-likeness (QED) is 0.0985. The Hall–Kier alpha value is -5.22. The van der Waals surface area contributed by atoms with Gasteiger partial charge in [0.1, 0.15) is 5.70 Å². The zero-order valence-corrected chi connectivity index (χ0v) is 28.0. The van der Waals surface area contributed by atoms with Gasteiger partial charge in [-0.3, -0.25) is 14.4 Å². The van der Waals surface area contributed by atoms with Crippen LogP contribution in [-0.4, -0.2) is 28.0 Å². The molecule has 7 nitrogen and oxygen atoms in total. The minimum atomic E-state index is -0.472. The van der Waals surface area contributed by atoms with Crippen LogP contribution in [0, 0.1) is 0 Å². The van der Waals surface area contributed by atoms with Crippen LogP contribution in [0.4, 0.5) is 10.8 Å². The molecule has 0 saturated carbocycles. The number of carbonyl (C=O) groups excluding carboxylic acids is 3. The second-order valence-electron chi connectivity index (χ2n) is 10.7. The fraction of sp³-hybridized carbons (Fsp3) is 0.0526. The van der Waals surface area contributed by atoms with Gasteiger partial charge in [0.15, 0.2) is 5.13 Å². The lowest BCUT2D eigenvalue weighted by Crippen LogP contribution is -2.30. The van der Waals surface area contributed by atoms with Crippen molar-refractivity contribution in [3.63, 3.8) is 0 Å². The molecule has 6 rings (SSSR count). The maximum absolute atomic E-state index is 13.6. The Kier molecular flexibility index (Phi) is 10.3. The number of carbonyl (C=O) groups is 3. The standard InChI is InChI=1S/C38H29ClN4O3S2/c1-24(35(44)43-38-42-34(23-47-38)31-16-7-8-17-32(31)39)48-29-20-18-28(19-21-29)40-37(46)33(41-36(45)26-11-3-2-4-12-26)22-27-14-9-13-25-10-5-6-15-30(25)27/h2-24H,1H3,(H,40,46)(H,41,45)(H,42,43,44)/b33-22-. The summed E-state index contributed by atoms with van der Waals surface area (Å²) in [6.45, 7) is 1.82. The summed E-state index contributed by atoms with van der Waals surface area (Å²) in [5.74, 6) is -1.05. The first-order valence-corrected chi connectivity index (χ1v) is 17.1. The van der Waals surface area contributed by atoms with Crippen LogP contribution >= 0.6 is 34.7 Å². The first kappa shape index (κ1) is 32.7. The Labute approximate surface area is 291 Å². The van der Waals surface area contributed by atoms with Crippen molar-refractivity contribution in [2.45, 2.75) is 17.1 Å². The van der Waals surface area contributed by atoms with E-state index < -0.39 is 17.1 Å². The molecule has 1 unspecified atom stereocenters. The van der Waals surface area contributed by atoms with Crippen molar-refractivity contribution >= 4 is 80.1 Å². The number of hydrogen-bond donors (Lipinski definition) is 3. The Morgan fingerprint density at radius 2 is 1.52 bits per heavy atom. The number of nitrogens with one attached hydrogen (secondary N) is 3. The van der Waals surface area contributed by atoms with Gasteiger partial charge in [-0.2, -0.15) is 0 Å². The monoisotopic (exact) mass is 688 g/mol. The highest BCUT2D eigenvalue weighted by atomic mass is 35.5. The third-order valence-electron chi connectivity index (χ3n) is 7.33. The highest BCUT2D eigenvalue weighted by Gasteiger charge is 2.18. The van der Waals surface area contributed by atoms with Crippen LogP contribution in [0.1, 0.15) is 22.8 Å². The fourth-order valence-corrected chi connectivity index (χ4v) is 6.69. The van der Waals surface area contributed by atoms with Crippen molar-refractivity contribution in [1.82, 2.24) is 10.3 Å². The second-order valence-corrected chi connectivity index (χ2v) is 13.4. The molecular formula is C38H29ClN4O3S2. The Balaban J connectivity index is 1.13. The molecule has 1 heterocycles. The van der Waals surface area contributed by atoms with E-state index in [9.17, 15) is 14.4 Å². The normalized spacial score (nSPS) is 11.9.